The number of fused-ring (bicyclic) bond motifs is 2. The standard InChI is InChI=1S/C23H24N8O/c1-16-11-28(13-19-24-20-9-5-6-10-31(20)27-19)12-18(16)22-25-21-14-29(15-30(21)23(32)26-22)17-7-3-2-4-8-17/h2-10,14,16,18H,11-13,15H2,1H3,(H,25,26,32). The lowest BCUT2D eigenvalue weighted by molar-refractivity contribution is 0.216. The lowest BCUT2D eigenvalue weighted by atomic mass is 9.96. The first kappa shape index (κ1) is 19.0. The maximum atomic E-state index is 12.8. The summed E-state index contributed by atoms with van der Waals surface area (Å²) in [5.74, 6) is 2.78. The Morgan fingerprint density at radius 3 is 2.78 bits per heavy atom. The Kier molecular flexibility index (Phi) is 4.43. The maximum Gasteiger partial charge on any atom is 0.329 e. The number of nitrogens with zero attached hydrogens (tertiary/aromatic N) is 7. The minimum Gasteiger partial charge on any atom is -0.326 e. The molecule has 3 aliphatic rings. The fraction of sp³-hybridized carbons (Fsp3) is 0.304. The Balaban J connectivity index is 1.20. The molecule has 2 amide bonds. The van der Waals surface area contributed by atoms with Gasteiger partial charge in [-0.3, -0.25) is 15.1 Å². The van der Waals surface area contributed by atoms with Gasteiger partial charge in [-0.2, -0.15) is 0 Å². The normalized spacial score (nSPS) is 23.3. The van der Waals surface area contributed by atoms with Crippen molar-refractivity contribution < 1.29 is 4.79 Å². The van der Waals surface area contributed by atoms with E-state index in [1.807, 2.05) is 65.8 Å². The van der Waals surface area contributed by atoms with Gasteiger partial charge in [0.2, 0.25) is 0 Å². The Bertz CT molecular complexity index is 1200. The third-order valence-electron chi connectivity index (χ3n) is 6.33. The number of hydrogen-bond acceptors (Lipinski definition) is 6. The third-order valence-corrected chi connectivity index (χ3v) is 6.33. The molecule has 1 saturated heterocycles. The number of pyridine rings is 1. The molecule has 162 valence electrons. The fourth-order valence-corrected chi connectivity index (χ4v) is 4.71. The number of hydrogen-bond donors (Lipinski definition) is 1. The van der Waals surface area contributed by atoms with Crippen LogP contribution in [0.3, 0.4) is 0 Å². The van der Waals surface area contributed by atoms with Gasteiger partial charge in [-0.15, -0.1) is 5.10 Å². The number of rotatable bonds is 4. The first-order chi connectivity index (χ1) is 15.6. The summed E-state index contributed by atoms with van der Waals surface area (Å²) >= 11 is 0. The zero-order chi connectivity index (χ0) is 21.7. The number of amidine groups is 1. The van der Waals surface area contributed by atoms with Crippen molar-refractivity contribution in [1.82, 2.24) is 29.7 Å². The van der Waals surface area contributed by atoms with Gasteiger partial charge in [0, 0.05) is 37.1 Å². The van der Waals surface area contributed by atoms with Gasteiger partial charge in [-0.1, -0.05) is 31.2 Å². The molecule has 9 heteroatoms. The van der Waals surface area contributed by atoms with Crippen LogP contribution in [0.2, 0.25) is 0 Å². The molecule has 32 heavy (non-hydrogen) atoms. The van der Waals surface area contributed by atoms with Crippen molar-refractivity contribution in [2.45, 2.75) is 13.5 Å². The number of nitrogens with one attached hydrogen (secondary N) is 1. The van der Waals surface area contributed by atoms with Crippen LogP contribution < -0.4 is 10.2 Å². The van der Waals surface area contributed by atoms with E-state index in [1.54, 1.807) is 9.42 Å². The van der Waals surface area contributed by atoms with E-state index >= 15 is 0 Å². The molecule has 0 aliphatic carbocycles. The number of aliphatic imine (C=N–C) groups is 1. The lowest BCUT2D eigenvalue weighted by Gasteiger charge is -2.28. The summed E-state index contributed by atoms with van der Waals surface area (Å²) in [4.78, 5) is 28.4. The smallest absolute Gasteiger partial charge is 0.326 e. The minimum absolute atomic E-state index is 0.118. The molecule has 2 unspecified atom stereocenters. The van der Waals surface area contributed by atoms with Crippen LogP contribution in [-0.2, 0) is 6.54 Å². The molecule has 0 saturated carbocycles. The molecule has 2 atom stereocenters. The van der Waals surface area contributed by atoms with E-state index in [2.05, 4.69) is 27.2 Å². The van der Waals surface area contributed by atoms with E-state index in [0.717, 1.165) is 36.1 Å². The molecular formula is C23H24N8O. The van der Waals surface area contributed by atoms with E-state index in [4.69, 9.17) is 4.99 Å². The average Bonchev–Trinajstić information content (AvgIpc) is 3.50. The van der Waals surface area contributed by atoms with Crippen molar-refractivity contribution in [2.24, 2.45) is 16.8 Å². The van der Waals surface area contributed by atoms with E-state index in [0.29, 0.717) is 25.0 Å². The Labute approximate surface area is 185 Å². The van der Waals surface area contributed by atoms with Gasteiger partial charge in [0.1, 0.15) is 12.5 Å². The van der Waals surface area contributed by atoms with Crippen molar-refractivity contribution in [3.05, 3.63) is 72.6 Å². The van der Waals surface area contributed by atoms with Crippen molar-refractivity contribution in [3.63, 3.8) is 0 Å². The Morgan fingerprint density at radius 2 is 1.94 bits per heavy atom. The number of benzene rings is 1. The van der Waals surface area contributed by atoms with Crippen LogP contribution in [-0.4, -0.2) is 56.0 Å². The third kappa shape index (κ3) is 3.31. The van der Waals surface area contributed by atoms with Crippen LogP contribution >= 0.6 is 0 Å². The summed E-state index contributed by atoms with van der Waals surface area (Å²) in [6, 6.07) is 15.8. The highest BCUT2D eigenvalue weighted by molar-refractivity contribution is 6.02. The molecule has 3 aromatic rings. The summed E-state index contributed by atoms with van der Waals surface area (Å²) in [6.45, 7) is 5.08. The van der Waals surface area contributed by atoms with Gasteiger partial charge in [0.05, 0.1) is 6.54 Å². The zero-order valence-electron chi connectivity index (χ0n) is 17.8. The lowest BCUT2D eigenvalue weighted by Crippen LogP contribution is -2.49. The van der Waals surface area contributed by atoms with Gasteiger partial charge >= 0.3 is 6.03 Å². The molecule has 2 aromatic heterocycles. The molecule has 1 aromatic carbocycles. The minimum atomic E-state index is -0.118. The summed E-state index contributed by atoms with van der Waals surface area (Å²) in [5, 5.41) is 7.62. The van der Waals surface area contributed by atoms with Gasteiger partial charge in [-0.05, 0) is 30.2 Å². The predicted molar refractivity (Wildman–Crippen MR) is 121 cm³/mol. The second-order valence-electron chi connectivity index (χ2n) is 8.60. The highest BCUT2D eigenvalue weighted by Crippen LogP contribution is 2.30. The maximum absolute atomic E-state index is 12.8. The van der Waals surface area contributed by atoms with Gasteiger partial charge in [0.15, 0.2) is 17.3 Å². The molecule has 6 rings (SSSR count). The van der Waals surface area contributed by atoms with Crippen LogP contribution in [0.1, 0.15) is 12.7 Å². The molecule has 0 spiro atoms. The topological polar surface area (TPSA) is 81.4 Å². The largest absolute Gasteiger partial charge is 0.329 e. The van der Waals surface area contributed by atoms with Crippen LogP contribution in [0.25, 0.3) is 5.65 Å². The Hall–Kier alpha value is -3.72. The highest BCUT2D eigenvalue weighted by atomic mass is 16.2. The SMILES string of the molecule is CC1CN(Cc2nc3ccccn3n2)CC1C1=NC2=CN(c3ccccc3)CN2C(=O)N1. The van der Waals surface area contributed by atoms with Crippen LogP contribution in [0.5, 0.6) is 0 Å². The van der Waals surface area contributed by atoms with E-state index in [9.17, 15) is 4.79 Å². The number of amides is 2. The first-order valence-electron chi connectivity index (χ1n) is 10.9. The number of aromatic nitrogens is 3. The molecule has 0 bridgehead atoms. The van der Waals surface area contributed by atoms with E-state index < -0.39 is 0 Å². The number of carbonyl (C=O) groups excluding carboxylic acids is 1. The molecule has 0 radical (unpaired) electrons. The number of likely N-dealkylation sites (tertiary alicyclic amines) is 1. The highest BCUT2D eigenvalue weighted by Gasteiger charge is 2.39. The van der Waals surface area contributed by atoms with E-state index in [-0.39, 0.29) is 11.9 Å². The summed E-state index contributed by atoms with van der Waals surface area (Å²) in [7, 11) is 0. The average molecular weight is 429 g/mol. The van der Waals surface area contributed by atoms with Crippen molar-refractivity contribution in [2.75, 3.05) is 24.7 Å². The van der Waals surface area contributed by atoms with Crippen molar-refractivity contribution >= 4 is 23.2 Å². The van der Waals surface area contributed by atoms with Gasteiger partial charge in [0.25, 0.3) is 0 Å². The number of carbonyl (C=O) groups is 1. The monoisotopic (exact) mass is 428 g/mol. The number of para-hydroxylation sites is 1. The van der Waals surface area contributed by atoms with Gasteiger partial charge < -0.3 is 4.90 Å². The summed E-state index contributed by atoms with van der Waals surface area (Å²) in [6.07, 6.45) is 3.86. The quantitative estimate of drug-likeness (QED) is 0.691. The summed E-state index contributed by atoms with van der Waals surface area (Å²) in [5.41, 5.74) is 1.89. The predicted octanol–water partition coefficient (Wildman–Crippen LogP) is 2.50. The van der Waals surface area contributed by atoms with Crippen molar-refractivity contribution in [1.29, 1.82) is 0 Å². The van der Waals surface area contributed by atoms with Crippen LogP contribution in [0.4, 0.5) is 10.5 Å². The molecule has 3 aliphatic heterocycles. The second-order valence-corrected chi connectivity index (χ2v) is 8.60. The van der Waals surface area contributed by atoms with E-state index in [1.165, 1.54) is 0 Å². The molecule has 1 N–H and O–H groups in total. The molecule has 5 heterocycles. The van der Waals surface area contributed by atoms with Crippen LogP contribution in [0.15, 0.2) is 71.7 Å². The molecule has 9 nitrogen and oxygen atoms in total. The second kappa shape index (κ2) is 7.45. The number of urea groups is 1. The van der Waals surface area contributed by atoms with Gasteiger partial charge in [-0.25, -0.2) is 19.3 Å². The number of anilines is 1. The molecular weight excluding hydrogens is 404 g/mol. The molecule has 1 fully saturated rings. The Morgan fingerprint density at radius 1 is 1.09 bits per heavy atom. The first-order valence-corrected chi connectivity index (χ1v) is 10.9. The zero-order valence-corrected chi connectivity index (χ0v) is 17.8. The fourth-order valence-electron chi connectivity index (χ4n) is 4.71. The van der Waals surface area contributed by atoms with Crippen LogP contribution in [0, 0.1) is 11.8 Å². The van der Waals surface area contributed by atoms with Crippen molar-refractivity contribution in [3.8, 4) is 0 Å². The summed E-state index contributed by atoms with van der Waals surface area (Å²) < 4.78 is 1.80.